The number of nitrogens with zero attached hydrogens (tertiary/aromatic N) is 2. The van der Waals surface area contributed by atoms with Gasteiger partial charge in [0.15, 0.2) is 5.71 Å². The Morgan fingerprint density at radius 3 is 2.50 bits per heavy atom. The molecular weight excluding hydrogens is 429 g/mol. The molecule has 1 aromatic heterocycles. The van der Waals surface area contributed by atoms with Crippen LogP contribution >= 0.6 is 15.9 Å². The molecule has 26 heavy (non-hydrogen) atoms. The van der Waals surface area contributed by atoms with Crippen LogP contribution in [-0.2, 0) is 11.4 Å². The summed E-state index contributed by atoms with van der Waals surface area (Å²) in [4.78, 5) is 0. The maximum atomic E-state index is 14.1. The van der Waals surface area contributed by atoms with Gasteiger partial charge in [0.25, 0.3) is 6.43 Å². The van der Waals surface area contributed by atoms with E-state index in [0.717, 1.165) is 19.3 Å². The van der Waals surface area contributed by atoms with Gasteiger partial charge >= 0.3 is 0 Å². The highest BCUT2D eigenvalue weighted by Gasteiger charge is 2.32. The van der Waals surface area contributed by atoms with E-state index in [4.69, 9.17) is 0 Å². The minimum Gasteiger partial charge on any atom is -0.591 e. The van der Waals surface area contributed by atoms with Crippen molar-refractivity contribution in [3.8, 4) is 0 Å². The van der Waals surface area contributed by atoms with Crippen LogP contribution < -0.4 is 0 Å². The van der Waals surface area contributed by atoms with E-state index >= 15 is 0 Å². The van der Waals surface area contributed by atoms with Gasteiger partial charge in [-0.15, -0.1) is 0 Å². The number of benzene rings is 1. The smallest absolute Gasteiger partial charge is 0.285 e. The fraction of sp³-hybridized carbons (Fsp3) is 0.500. The lowest BCUT2D eigenvalue weighted by Gasteiger charge is -2.28. The van der Waals surface area contributed by atoms with Crippen molar-refractivity contribution in [2.45, 2.75) is 57.2 Å². The first-order valence-corrected chi connectivity index (χ1v) is 10.3. The number of hydrogen-bond acceptors (Lipinski definition) is 2. The van der Waals surface area contributed by atoms with Crippen molar-refractivity contribution in [1.29, 1.82) is 0 Å². The summed E-state index contributed by atoms with van der Waals surface area (Å²) in [6.45, 7) is 5.01. The predicted octanol–water partition coefficient (Wildman–Crippen LogP) is 5.78. The van der Waals surface area contributed by atoms with Gasteiger partial charge < -0.3 is 9.12 Å². The molecule has 1 atom stereocenters. The summed E-state index contributed by atoms with van der Waals surface area (Å²) in [6, 6.07) is 3.05. The second kappa shape index (κ2) is 7.20. The van der Waals surface area contributed by atoms with Gasteiger partial charge in [-0.1, -0.05) is 4.40 Å². The zero-order valence-corrected chi connectivity index (χ0v) is 17.1. The van der Waals surface area contributed by atoms with E-state index in [0.29, 0.717) is 10.9 Å². The monoisotopic (exact) mass is 448 g/mol. The van der Waals surface area contributed by atoms with Crippen molar-refractivity contribution < 1.29 is 17.7 Å². The molecular formula is C18H20BrF3N2OS. The molecule has 0 unspecified atom stereocenters. The van der Waals surface area contributed by atoms with Gasteiger partial charge in [-0.2, -0.15) is 0 Å². The molecule has 0 radical (unpaired) electrons. The highest BCUT2D eigenvalue weighted by molar-refractivity contribution is 9.10. The Kier molecular flexibility index (Phi) is 5.48. The molecule has 0 spiro atoms. The summed E-state index contributed by atoms with van der Waals surface area (Å²) >= 11 is 1.33. The number of rotatable bonds is 4. The van der Waals surface area contributed by atoms with E-state index in [2.05, 4.69) is 20.3 Å². The van der Waals surface area contributed by atoms with E-state index in [1.165, 1.54) is 6.07 Å². The van der Waals surface area contributed by atoms with Crippen LogP contribution in [0.2, 0.25) is 0 Å². The van der Waals surface area contributed by atoms with E-state index < -0.39 is 34.1 Å². The molecule has 3 rings (SSSR count). The summed E-state index contributed by atoms with van der Waals surface area (Å²) < 4.78 is 59.2. The van der Waals surface area contributed by atoms with Crippen molar-refractivity contribution in [1.82, 2.24) is 4.57 Å². The van der Waals surface area contributed by atoms with Crippen LogP contribution in [0.4, 0.5) is 13.2 Å². The number of fused-ring (bicyclic) bond motifs is 1. The summed E-state index contributed by atoms with van der Waals surface area (Å²) in [5.74, 6) is -0.532. The van der Waals surface area contributed by atoms with E-state index in [9.17, 15) is 17.7 Å². The number of aromatic nitrogens is 1. The largest absolute Gasteiger partial charge is 0.591 e. The molecule has 142 valence electrons. The Morgan fingerprint density at radius 2 is 2.00 bits per heavy atom. The molecule has 0 bridgehead atoms. The molecule has 1 aromatic carbocycles. The zero-order valence-electron chi connectivity index (χ0n) is 14.7. The van der Waals surface area contributed by atoms with Crippen molar-refractivity contribution in [2.24, 2.45) is 4.40 Å². The molecule has 1 saturated carbocycles. The van der Waals surface area contributed by atoms with Crippen molar-refractivity contribution >= 4 is 43.9 Å². The minimum absolute atomic E-state index is 0.144. The van der Waals surface area contributed by atoms with Gasteiger partial charge in [0, 0.05) is 23.2 Å². The van der Waals surface area contributed by atoms with Gasteiger partial charge in [-0.3, -0.25) is 0 Å². The third-order valence-corrected chi connectivity index (χ3v) is 6.55. The molecule has 1 fully saturated rings. The fourth-order valence-corrected chi connectivity index (χ4v) is 3.81. The molecule has 0 amide bonds. The molecule has 1 aliphatic rings. The standard InChI is InChI=1S/C18H20BrF3N2OS/c1-18(2,3)26(25)23-16(17(21)22)12-9-24(10-5-4-6-10)15-8-13(19)14(20)7-11(12)15/h7-10,17H,4-6H2,1-3H3/t26-/m0/s1. The summed E-state index contributed by atoms with van der Waals surface area (Å²) in [7, 11) is 0. The van der Waals surface area contributed by atoms with Crippen LogP contribution in [0, 0.1) is 5.82 Å². The van der Waals surface area contributed by atoms with Crippen molar-refractivity contribution in [2.75, 3.05) is 0 Å². The molecule has 2 aromatic rings. The lowest BCUT2D eigenvalue weighted by Crippen LogP contribution is -2.28. The average molecular weight is 449 g/mol. The molecule has 0 N–H and O–H groups in total. The topological polar surface area (TPSA) is 40.4 Å². The molecule has 8 heteroatoms. The zero-order chi connectivity index (χ0) is 19.2. The van der Waals surface area contributed by atoms with Gasteiger partial charge in [0.2, 0.25) is 0 Å². The SMILES string of the molecule is CC(C)(C)[S@+]([O-])N=C(c1cn(C2CCC2)c2cc(Br)c(F)cc12)C(F)F. The van der Waals surface area contributed by atoms with Gasteiger partial charge in [-0.05, 0) is 68.1 Å². The molecule has 3 nitrogen and oxygen atoms in total. The molecule has 1 heterocycles. The number of alkyl halides is 2. The first-order chi connectivity index (χ1) is 12.1. The van der Waals surface area contributed by atoms with Crippen molar-refractivity contribution in [3.05, 3.63) is 34.2 Å². The van der Waals surface area contributed by atoms with Gasteiger partial charge in [-0.25, -0.2) is 13.2 Å². The fourth-order valence-electron chi connectivity index (χ4n) is 2.85. The number of hydrogen-bond donors (Lipinski definition) is 0. The lowest BCUT2D eigenvalue weighted by atomic mass is 9.93. The van der Waals surface area contributed by atoms with Crippen LogP contribution in [-0.4, -0.2) is 26.0 Å². The second-order valence-corrected chi connectivity index (χ2v) is 10.2. The van der Waals surface area contributed by atoms with E-state index in [1.54, 1.807) is 33.0 Å². The van der Waals surface area contributed by atoms with Crippen LogP contribution in [0.15, 0.2) is 27.2 Å². The highest BCUT2D eigenvalue weighted by atomic mass is 79.9. The second-order valence-electron chi connectivity index (χ2n) is 7.46. The van der Waals surface area contributed by atoms with Gasteiger partial charge in [0.05, 0.1) is 9.99 Å². The third kappa shape index (κ3) is 3.68. The maximum absolute atomic E-state index is 14.1. The Morgan fingerprint density at radius 1 is 1.35 bits per heavy atom. The predicted molar refractivity (Wildman–Crippen MR) is 103 cm³/mol. The first-order valence-electron chi connectivity index (χ1n) is 8.38. The highest BCUT2D eigenvalue weighted by Crippen LogP contribution is 2.38. The normalized spacial score (nSPS) is 17.8. The lowest BCUT2D eigenvalue weighted by molar-refractivity contribution is 0.226. The third-order valence-electron chi connectivity index (χ3n) is 4.53. The summed E-state index contributed by atoms with van der Waals surface area (Å²) in [5, 5.41) is 0.363. The van der Waals surface area contributed by atoms with Crippen LogP contribution in [0.1, 0.15) is 51.6 Å². The summed E-state index contributed by atoms with van der Waals surface area (Å²) in [6.07, 6.45) is 1.67. The maximum Gasteiger partial charge on any atom is 0.285 e. The Balaban J connectivity index is 2.21. The molecule has 0 aliphatic heterocycles. The van der Waals surface area contributed by atoms with Crippen molar-refractivity contribution in [3.63, 3.8) is 0 Å². The van der Waals surface area contributed by atoms with Crippen LogP contribution in [0.3, 0.4) is 0 Å². The molecule has 0 saturated heterocycles. The average Bonchev–Trinajstić information content (AvgIpc) is 2.80. The Hall–Kier alpha value is -0.990. The van der Waals surface area contributed by atoms with Crippen LogP contribution in [0.5, 0.6) is 0 Å². The summed E-state index contributed by atoms with van der Waals surface area (Å²) in [5.41, 5.74) is 0.266. The molecule has 1 aliphatic carbocycles. The van der Waals surface area contributed by atoms with Crippen LogP contribution in [0.25, 0.3) is 10.9 Å². The van der Waals surface area contributed by atoms with E-state index in [-0.39, 0.29) is 16.1 Å². The van der Waals surface area contributed by atoms with E-state index in [1.807, 2.05) is 4.57 Å². The minimum atomic E-state index is -2.91. The van der Waals surface area contributed by atoms with Gasteiger partial charge in [0.1, 0.15) is 21.9 Å². The Bertz CT molecular complexity index is 856. The Labute approximate surface area is 162 Å². The first kappa shape index (κ1) is 19.8. The quantitative estimate of drug-likeness (QED) is 0.431. The number of halogens is 4.